The first-order valence-electron chi connectivity index (χ1n) is 5.45. The summed E-state index contributed by atoms with van der Waals surface area (Å²) in [5, 5.41) is 0. The molecular formula is C14H12F3N. The van der Waals surface area contributed by atoms with Crippen LogP contribution in [0.15, 0.2) is 36.4 Å². The lowest BCUT2D eigenvalue weighted by Crippen LogP contribution is -2.15. The number of aryl methyl sites for hydroxylation is 1. The molecule has 0 bridgehead atoms. The Morgan fingerprint density at radius 2 is 1.44 bits per heavy atom. The van der Waals surface area contributed by atoms with Crippen LogP contribution in [0, 0.1) is 24.4 Å². The van der Waals surface area contributed by atoms with E-state index in [4.69, 9.17) is 5.73 Å². The zero-order chi connectivity index (χ0) is 13.3. The van der Waals surface area contributed by atoms with Crippen LogP contribution in [-0.4, -0.2) is 0 Å². The van der Waals surface area contributed by atoms with E-state index in [2.05, 4.69) is 0 Å². The molecule has 0 saturated carbocycles. The van der Waals surface area contributed by atoms with Gasteiger partial charge in [0.15, 0.2) is 0 Å². The quantitative estimate of drug-likeness (QED) is 0.869. The summed E-state index contributed by atoms with van der Waals surface area (Å²) < 4.78 is 40.3. The minimum Gasteiger partial charge on any atom is -0.320 e. The van der Waals surface area contributed by atoms with E-state index in [0.29, 0.717) is 0 Å². The molecule has 0 aliphatic carbocycles. The predicted octanol–water partition coefficient (Wildman–Crippen LogP) is 3.46. The fourth-order valence-electron chi connectivity index (χ4n) is 1.82. The summed E-state index contributed by atoms with van der Waals surface area (Å²) in [7, 11) is 0. The number of hydrogen-bond donors (Lipinski definition) is 1. The van der Waals surface area contributed by atoms with Crippen molar-refractivity contribution in [2.75, 3.05) is 0 Å². The Bertz CT molecular complexity index is 530. The normalized spacial score (nSPS) is 12.5. The van der Waals surface area contributed by atoms with Crippen LogP contribution in [0.5, 0.6) is 0 Å². The van der Waals surface area contributed by atoms with E-state index in [1.165, 1.54) is 12.1 Å². The number of rotatable bonds is 2. The number of nitrogens with two attached hydrogens (primary N) is 1. The van der Waals surface area contributed by atoms with E-state index in [1.807, 2.05) is 0 Å². The van der Waals surface area contributed by atoms with Gasteiger partial charge in [-0.2, -0.15) is 0 Å². The van der Waals surface area contributed by atoms with Gasteiger partial charge < -0.3 is 5.73 Å². The molecular weight excluding hydrogens is 239 g/mol. The highest BCUT2D eigenvalue weighted by atomic mass is 19.1. The lowest BCUT2D eigenvalue weighted by atomic mass is 9.97. The van der Waals surface area contributed by atoms with Gasteiger partial charge in [-0.1, -0.05) is 17.7 Å². The van der Waals surface area contributed by atoms with Crippen LogP contribution in [0.4, 0.5) is 13.2 Å². The predicted molar refractivity (Wildman–Crippen MR) is 63.5 cm³/mol. The Morgan fingerprint density at radius 1 is 0.889 bits per heavy atom. The Hall–Kier alpha value is -1.81. The SMILES string of the molecule is Cc1ccc(F)c(C(N)c2cc(F)ccc2F)c1. The van der Waals surface area contributed by atoms with Gasteiger partial charge in [0, 0.05) is 11.1 Å². The number of benzene rings is 2. The van der Waals surface area contributed by atoms with Crippen molar-refractivity contribution in [3.63, 3.8) is 0 Å². The molecule has 94 valence electrons. The summed E-state index contributed by atoms with van der Waals surface area (Å²) in [4.78, 5) is 0. The minimum atomic E-state index is -1.03. The van der Waals surface area contributed by atoms with Gasteiger partial charge in [-0.25, -0.2) is 13.2 Å². The van der Waals surface area contributed by atoms with Gasteiger partial charge in [0.25, 0.3) is 0 Å². The van der Waals surface area contributed by atoms with Crippen LogP contribution in [-0.2, 0) is 0 Å². The van der Waals surface area contributed by atoms with Crippen molar-refractivity contribution in [3.05, 3.63) is 70.5 Å². The van der Waals surface area contributed by atoms with E-state index in [-0.39, 0.29) is 11.1 Å². The van der Waals surface area contributed by atoms with Gasteiger partial charge in [-0.15, -0.1) is 0 Å². The van der Waals surface area contributed by atoms with Crippen molar-refractivity contribution >= 4 is 0 Å². The molecule has 0 aliphatic heterocycles. The first-order valence-corrected chi connectivity index (χ1v) is 5.45. The fourth-order valence-corrected chi connectivity index (χ4v) is 1.82. The van der Waals surface area contributed by atoms with E-state index in [0.717, 1.165) is 23.8 Å². The molecule has 0 radical (unpaired) electrons. The molecule has 0 heterocycles. The minimum absolute atomic E-state index is 0.0560. The van der Waals surface area contributed by atoms with Crippen LogP contribution in [0.3, 0.4) is 0 Å². The molecule has 2 rings (SSSR count). The molecule has 18 heavy (non-hydrogen) atoms. The van der Waals surface area contributed by atoms with Gasteiger partial charge in [-0.3, -0.25) is 0 Å². The van der Waals surface area contributed by atoms with Crippen molar-refractivity contribution in [1.29, 1.82) is 0 Å². The second-order valence-electron chi connectivity index (χ2n) is 4.17. The topological polar surface area (TPSA) is 26.0 Å². The molecule has 0 amide bonds. The zero-order valence-corrected chi connectivity index (χ0v) is 9.75. The Kier molecular flexibility index (Phi) is 3.39. The highest BCUT2D eigenvalue weighted by molar-refractivity contribution is 5.35. The molecule has 2 aromatic rings. The first kappa shape index (κ1) is 12.6. The van der Waals surface area contributed by atoms with E-state index >= 15 is 0 Å². The van der Waals surface area contributed by atoms with Crippen LogP contribution in [0.2, 0.25) is 0 Å². The standard InChI is InChI=1S/C14H12F3N/c1-8-2-4-12(16)10(6-8)14(18)11-7-9(15)3-5-13(11)17/h2-7,14H,18H2,1H3. The zero-order valence-electron chi connectivity index (χ0n) is 9.75. The second-order valence-corrected chi connectivity index (χ2v) is 4.17. The van der Waals surface area contributed by atoms with Gasteiger partial charge in [0.2, 0.25) is 0 Å². The third-order valence-corrected chi connectivity index (χ3v) is 2.78. The van der Waals surface area contributed by atoms with Crippen molar-refractivity contribution < 1.29 is 13.2 Å². The molecule has 0 aliphatic rings. The second kappa shape index (κ2) is 4.82. The molecule has 0 spiro atoms. The summed E-state index contributed by atoms with van der Waals surface area (Å²) in [6.45, 7) is 1.78. The fraction of sp³-hybridized carbons (Fsp3) is 0.143. The van der Waals surface area contributed by atoms with Crippen molar-refractivity contribution in [2.24, 2.45) is 5.73 Å². The summed E-state index contributed by atoms with van der Waals surface area (Å²) >= 11 is 0. The van der Waals surface area contributed by atoms with Crippen molar-refractivity contribution in [1.82, 2.24) is 0 Å². The third-order valence-electron chi connectivity index (χ3n) is 2.78. The summed E-state index contributed by atoms with van der Waals surface area (Å²) in [6, 6.07) is 6.33. The maximum absolute atomic E-state index is 13.6. The van der Waals surface area contributed by atoms with E-state index in [1.54, 1.807) is 13.0 Å². The monoisotopic (exact) mass is 251 g/mol. The molecule has 0 fully saturated rings. The highest BCUT2D eigenvalue weighted by Gasteiger charge is 2.18. The molecule has 1 unspecified atom stereocenters. The van der Waals surface area contributed by atoms with Gasteiger partial charge >= 0.3 is 0 Å². The van der Waals surface area contributed by atoms with E-state index in [9.17, 15) is 13.2 Å². The van der Waals surface area contributed by atoms with Gasteiger partial charge in [-0.05, 0) is 31.2 Å². The van der Waals surface area contributed by atoms with Crippen LogP contribution < -0.4 is 5.73 Å². The van der Waals surface area contributed by atoms with Crippen LogP contribution in [0.1, 0.15) is 22.7 Å². The Morgan fingerprint density at radius 3 is 2.11 bits per heavy atom. The van der Waals surface area contributed by atoms with Crippen molar-refractivity contribution in [2.45, 2.75) is 13.0 Å². The largest absolute Gasteiger partial charge is 0.320 e. The van der Waals surface area contributed by atoms with E-state index < -0.39 is 23.5 Å². The lowest BCUT2D eigenvalue weighted by molar-refractivity contribution is 0.562. The molecule has 2 aromatic carbocycles. The maximum Gasteiger partial charge on any atom is 0.128 e. The summed E-state index contributed by atoms with van der Waals surface area (Å²) in [5.74, 6) is -1.78. The average molecular weight is 251 g/mol. The molecule has 4 heteroatoms. The van der Waals surface area contributed by atoms with Crippen molar-refractivity contribution in [3.8, 4) is 0 Å². The highest BCUT2D eigenvalue weighted by Crippen LogP contribution is 2.25. The first-order chi connectivity index (χ1) is 8.49. The maximum atomic E-state index is 13.6. The average Bonchev–Trinajstić information content (AvgIpc) is 2.34. The van der Waals surface area contributed by atoms with Crippen LogP contribution in [0.25, 0.3) is 0 Å². The third kappa shape index (κ3) is 2.38. The molecule has 0 saturated heterocycles. The molecule has 0 aromatic heterocycles. The number of halogens is 3. The number of hydrogen-bond acceptors (Lipinski definition) is 1. The Labute approximate surface area is 103 Å². The van der Waals surface area contributed by atoms with Gasteiger partial charge in [0.1, 0.15) is 17.5 Å². The lowest BCUT2D eigenvalue weighted by Gasteiger charge is -2.15. The van der Waals surface area contributed by atoms with Crippen LogP contribution >= 0.6 is 0 Å². The molecule has 2 N–H and O–H groups in total. The molecule has 1 nitrogen and oxygen atoms in total. The van der Waals surface area contributed by atoms with Gasteiger partial charge in [0.05, 0.1) is 6.04 Å². The molecule has 1 atom stereocenters. The summed E-state index contributed by atoms with van der Waals surface area (Å²) in [5.41, 5.74) is 6.71. The Balaban J connectivity index is 2.50. The smallest absolute Gasteiger partial charge is 0.128 e. The summed E-state index contributed by atoms with van der Waals surface area (Å²) in [6.07, 6.45) is 0.